The molecular weight excluding hydrogens is 180 g/mol. The lowest BCUT2D eigenvalue weighted by atomic mass is 10.1. The van der Waals surface area contributed by atoms with Gasteiger partial charge < -0.3 is 4.52 Å². The zero-order valence-electron chi connectivity index (χ0n) is 7.60. The Bertz CT molecular complexity index is 463. The summed E-state index contributed by atoms with van der Waals surface area (Å²) in [6, 6.07) is 7.06. The minimum Gasteiger partial charge on any atom is -0.339 e. The molecule has 0 fully saturated rings. The summed E-state index contributed by atoms with van der Waals surface area (Å²) in [6.45, 7) is 1.72. The van der Waals surface area contributed by atoms with E-state index < -0.39 is 0 Å². The van der Waals surface area contributed by atoms with Crippen LogP contribution in [0.5, 0.6) is 0 Å². The third-order valence-corrected chi connectivity index (χ3v) is 1.81. The molecule has 0 unspecified atom stereocenters. The van der Waals surface area contributed by atoms with Crippen molar-refractivity contribution in [2.45, 2.75) is 6.92 Å². The van der Waals surface area contributed by atoms with Crippen LogP contribution in [-0.2, 0) is 0 Å². The maximum absolute atomic E-state index is 10.5. The molecule has 1 aromatic carbocycles. The topological polar surface area (TPSA) is 56.0 Å². The van der Waals surface area contributed by atoms with Gasteiger partial charge >= 0.3 is 0 Å². The highest BCUT2D eigenvalue weighted by Gasteiger charge is 2.05. The fourth-order valence-corrected chi connectivity index (χ4v) is 1.17. The molecular formula is C10H8N2O2. The van der Waals surface area contributed by atoms with Crippen LogP contribution < -0.4 is 0 Å². The van der Waals surface area contributed by atoms with E-state index in [1.165, 1.54) is 0 Å². The molecule has 2 rings (SSSR count). The Balaban J connectivity index is 2.46. The van der Waals surface area contributed by atoms with Gasteiger partial charge in [-0.25, -0.2) is 0 Å². The van der Waals surface area contributed by atoms with Gasteiger partial charge in [0.2, 0.25) is 11.7 Å². The molecule has 0 N–H and O–H groups in total. The van der Waals surface area contributed by atoms with Gasteiger partial charge in [0.05, 0.1) is 0 Å². The first-order chi connectivity index (χ1) is 6.79. The number of aldehydes is 1. The lowest BCUT2D eigenvalue weighted by Gasteiger charge is -1.94. The molecule has 0 bridgehead atoms. The zero-order valence-corrected chi connectivity index (χ0v) is 7.60. The van der Waals surface area contributed by atoms with Gasteiger partial charge in [0.15, 0.2) is 0 Å². The molecule has 0 saturated carbocycles. The molecule has 4 heteroatoms. The van der Waals surface area contributed by atoms with E-state index in [2.05, 4.69) is 10.1 Å². The van der Waals surface area contributed by atoms with Gasteiger partial charge in [-0.3, -0.25) is 4.79 Å². The SMILES string of the molecule is Cc1nc(-c2cccc(C=O)c2)no1. The van der Waals surface area contributed by atoms with Crippen LogP contribution in [0, 0.1) is 6.92 Å². The Morgan fingerprint density at radius 2 is 2.29 bits per heavy atom. The molecule has 1 aromatic heterocycles. The first-order valence-corrected chi connectivity index (χ1v) is 4.15. The molecule has 1 heterocycles. The third kappa shape index (κ3) is 1.54. The predicted octanol–water partition coefficient (Wildman–Crippen LogP) is 1.86. The Morgan fingerprint density at radius 1 is 1.43 bits per heavy atom. The summed E-state index contributed by atoms with van der Waals surface area (Å²) in [5.41, 5.74) is 1.39. The lowest BCUT2D eigenvalue weighted by Crippen LogP contribution is -1.84. The van der Waals surface area contributed by atoms with E-state index in [9.17, 15) is 4.79 Å². The van der Waals surface area contributed by atoms with Crippen molar-refractivity contribution in [1.82, 2.24) is 10.1 Å². The third-order valence-electron chi connectivity index (χ3n) is 1.81. The summed E-state index contributed by atoms with van der Waals surface area (Å²) in [5.74, 6) is 1.02. The van der Waals surface area contributed by atoms with Crippen molar-refractivity contribution in [1.29, 1.82) is 0 Å². The second kappa shape index (κ2) is 3.41. The molecule has 2 aromatic rings. The number of aromatic nitrogens is 2. The molecule has 0 saturated heterocycles. The van der Waals surface area contributed by atoms with E-state index >= 15 is 0 Å². The van der Waals surface area contributed by atoms with Crippen molar-refractivity contribution in [2.24, 2.45) is 0 Å². The fraction of sp³-hybridized carbons (Fsp3) is 0.100. The second-order valence-corrected chi connectivity index (χ2v) is 2.88. The van der Waals surface area contributed by atoms with Crippen molar-refractivity contribution in [2.75, 3.05) is 0 Å². The van der Waals surface area contributed by atoms with Crippen molar-refractivity contribution in [3.8, 4) is 11.4 Å². The van der Waals surface area contributed by atoms with Gasteiger partial charge in [0.1, 0.15) is 6.29 Å². The Hall–Kier alpha value is -1.97. The molecule has 0 atom stereocenters. The van der Waals surface area contributed by atoms with Gasteiger partial charge in [-0.2, -0.15) is 4.98 Å². The smallest absolute Gasteiger partial charge is 0.223 e. The van der Waals surface area contributed by atoms with E-state index in [1.807, 2.05) is 6.07 Å². The van der Waals surface area contributed by atoms with E-state index in [1.54, 1.807) is 25.1 Å². The van der Waals surface area contributed by atoms with Crippen molar-refractivity contribution in [3.05, 3.63) is 35.7 Å². The van der Waals surface area contributed by atoms with Crippen molar-refractivity contribution < 1.29 is 9.32 Å². The van der Waals surface area contributed by atoms with E-state index in [4.69, 9.17) is 4.52 Å². The number of nitrogens with zero attached hydrogens (tertiary/aromatic N) is 2. The number of hydrogen-bond donors (Lipinski definition) is 0. The molecule has 0 aliphatic carbocycles. The first-order valence-electron chi connectivity index (χ1n) is 4.15. The normalized spacial score (nSPS) is 10.1. The van der Waals surface area contributed by atoms with E-state index in [-0.39, 0.29) is 0 Å². The number of carbonyl (C=O) groups is 1. The maximum Gasteiger partial charge on any atom is 0.223 e. The van der Waals surface area contributed by atoms with Crippen LogP contribution in [0.15, 0.2) is 28.8 Å². The van der Waals surface area contributed by atoms with E-state index in [0.717, 1.165) is 11.8 Å². The van der Waals surface area contributed by atoms with Gasteiger partial charge in [0, 0.05) is 18.1 Å². The number of rotatable bonds is 2. The Morgan fingerprint density at radius 3 is 2.93 bits per heavy atom. The lowest BCUT2D eigenvalue weighted by molar-refractivity contribution is 0.112. The summed E-state index contributed by atoms with van der Waals surface area (Å²) in [6.07, 6.45) is 0.788. The highest BCUT2D eigenvalue weighted by molar-refractivity contribution is 5.77. The maximum atomic E-state index is 10.5. The highest BCUT2D eigenvalue weighted by Crippen LogP contribution is 2.16. The molecule has 0 radical (unpaired) electrons. The largest absolute Gasteiger partial charge is 0.339 e. The molecule has 0 aliphatic heterocycles. The van der Waals surface area contributed by atoms with Crippen LogP contribution in [0.1, 0.15) is 16.2 Å². The monoisotopic (exact) mass is 188 g/mol. The average Bonchev–Trinajstić information content (AvgIpc) is 2.65. The van der Waals surface area contributed by atoms with Crippen molar-refractivity contribution >= 4 is 6.29 Å². The van der Waals surface area contributed by atoms with Crippen LogP contribution in [0.25, 0.3) is 11.4 Å². The van der Waals surface area contributed by atoms with Gasteiger partial charge in [-0.05, 0) is 6.07 Å². The standard InChI is InChI=1S/C10H8N2O2/c1-7-11-10(12-14-7)9-4-2-3-8(5-9)6-13/h2-6H,1H3. The summed E-state index contributed by atoms with van der Waals surface area (Å²) >= 11 is 0. The Kier molecular flexibility index (Phi) is 2.10. The fourth-order valence-electron chi connectivity index (χ4n) is 1.17. The van der Waals surface area contributed by atoms with Crippen LogP contribution in [0.2, 0.25) is 0 Å². The van der Waals surface area contributed by atoms with Gasteiger partial charge in [0.25, 0.3) is 0 Å². The average molecular weight is 188 g/mol. The minimum absolute atomic E-state index is 0.506. The summed E-state index contributed by atoms with van der Waals surface area (Å²) < 4.78 is 4.84. The van der Waals surface area contributed by atoms with E-state index in [0.29, 0.717) is 17.3 Å². The van der Waals surface area contributed by atoms with Gasteiger partial charge in [-0.15, -0.1) is 0 Å². The number of carbonyl (C=O) groups excluding carboxylic acids is 1. The Labute approximate surface area is 80.6 Å². The number of hydrogen-bond acceptors (Lipinski definition) is 4. The molecule has 70 valence electrons. The second-order valence-electron chi connectivity index (χ2n) is 2.88. The predicted molar refractivity (Wildman–Crippen MR) is 49.9 cm³/mol. The summed E-state index contributed by atoms with van der Waals surface area (Å²) in [7, 11) is 0. The van der Waals surface area contributed by atoms with Crippen molar-refractivity contribution in [3.63, 3.8) is 0 Å². The first kappa shape index (κ1) is 8.62. The van der Waals surface area contributed by atoms with Crippen LogP contribution in [0.3, 0.4) is 0 Å². The molecule has 0 spiro atoms. The summed E-state index contributed by atoms with van der Waals surface area (Å²) in [5, 5.41) is 3.76. The minimum atomic E-state index is 0.506. The highest BCUT2D eigenvalue weighted by atomic mass is 16.5. The van der Waals surface area contributed by atoms with Gasteiger partial charge in [-0.1, -0.05) is 23.4 Å². The number of aryl methyl sites for hydroxylation is 1. The molecule has 0 aliphatic rings. The summed E-state index contributed by atoms with van der Waals surface area (Å²) in [4.78, 5) is 14.6. The molecule has 0 amide bonds. The molecule has 4 nitrogen and oxygen atoms in total. The van der Waals surface area contributed by atoms with Crippen LogP contribution in [0.4, 0.5) is 0 Å². The number of benzene rings is 1. The van der Waals surface area contributed by atoms with Crippen LogP contribution >= 0.6 is 0 Å². The van der Waals surface area contributed by atoms with Crippen LogP contribution in [-0.4, -0.2) is 16.4 Å². The molecule has 14 heavy (non-hydrogen) atoms. The zero-order chi connectivity index (χ0) is 9.97. The quantitative estimate of drug-likeness (QED) is 0.675.